The molecular weight excluding hydrogens is 256 g/mol. The summed E-state index contributed by atoms with van der Waals surface area (Å²) < 4.78 is 0.742. The van der Waals surface area contributed by atoms with Gasteiger partial charge in [-0.1, -0.05) is 0 Å². The molecule has 78 valence electrons. The zero-order valence-corrected chi connectivity index (χ0v) is 9.87. The number of hydrogen-bond donors (Lipinski definition) is 2. The molecule has 2 N–H and O–H groups in total. The molecule has 0 bridgehead atoms. The van der Waals surface area contributed by atoms with Crippen LogP contribution >= 0.6 is 15.9 Å². The molecule has 0 spiro atoms. The summed E-state index contributed by atoms with van der Waals surface area (Å²) in [6.45, 7) is 0.753. The maximum Gasteiger partial charge on any atom is 0.175 e. The summed E-state index contributed by atoms with van der Waals surface area (Å²) in [5.74, 6) is 0. The van der Waals surface area contributed by atoms with Crippen LogP contribution in [0.5, 0.6) is 0 Å². The SMILES string of the molecule is CNCc1[nH]c(Br)nc1-c1cccnc1. The number of aromatic amines is 1. The number of hydrogen-bond acceptors (Lipinski definition) is 3. The van der Waals surface area contributed by atoms with Gasteiger partial charge in [-0.2, -0.15) is 0 Å². The van der Waals surface area contributed by atoms with Crippen LogP contribution < -0.4 is 5.32 Å². The van der Waals surface area contributed by atoms with E-state index in [0.29, 0.717) is 0 Å². The molecule has 2 aromatic rings. The van der Waals surface area contributed by atoms with Gasteiger partial charge >= 0.3 is 0 Å². The lowest BCUT2D eigenvalue weighted by Gasteiger charge is -2.00. The van der Waals surface area contributed by atoms with Gasteiger partial charge in [0.25, 0.3) is 0 Å². The highest BCUT2D eigenvalue weighted by molar-refractivity contribution is 9.10. The van der Waals surface area contributed by atoms with Crippen LogP contribution in [0.4, 0.5) is 0 Å². The second-order valence-corrected chi connectivity index (χ2v) is 3.88. The van der Waals surface area contributed by atoms with Crippen LogP contribution in [-0.4, -0.2) is 22.0 Å². The Kier molecular flexibility index (Phi) is 3.13. The number of aromatic nitrogens is 3. The zero-order valence-electron chi connectivity index (χ0n) is 8.29. The standard InChI is InChI=1S/C10H11BrN4/c1-12-6-8-9(15-10(11)14-8)7-3-2-4-13-5-7/h2-5,12H,6H2,1H3,(H,14,15). The predicted molar refractivity (Wildman–Crippen MR) is 62.3 cm³/mol. The Balaban J connectivity index is 2.43. The third kappa shape index (κ3) is 2.24. The van der Waals surface area contributed by atoms with Crippen LogP contribution in [0.25, 0.3) is 11.3 Å². The topological polar surface area (TPSA) is 53.6 Å². The summed E-state index contributed by atoms with van der Waals surface area (Å²) in [5.41, 5.74) is 3.01. The Hall–Kier alpha value is -1.20. The van der Waals surface area contributed by atoms with E-state index in [1.165, 1.54) is 0 Å². The fourth-order valence-electron chi connectivity index (χ4n) is 1.42. The first-order chi connectivity index (χ1) is 7.31. The van der Waals surface area contributed by atoms with Crippen molar-refractivity contribution in [3.05, 3.63) is 35.0 Å². The van der Waals surface area contributed by atoms with Gasteiger partial charge in [0.05, 0.1) is 11.4 Å². The minimum Gasteiger partial charge on any atom is -0.335 e. The molecule has 0 fully saturated rings. The van der Waals surface area contributed by atoms with Crippen molar-refractivity contribution in [1.29, 1.82) is 0 Å². The number of halogens is 1. The van der Waals surface area contributed by atoms with E-state index in [9.17, 15) is 0 Å². The van der Waals surface area contributed by atoms with Gasteiger partial charge in [0.15, 0.2) is 4.73 Å². The summed E-state index contributed by atoms with van der Waals surface area (Å²) in [7, 11) is 1.90. The fraction of sp³-hybridized carbons (Fsp3) is 0.200. The van der Waals surface area contributed by atoms with Crippen LogP contribution in [0.1, 0.15) is 5.69 Å². The minimum absolute atomic E-state index is 0.742. The molecule has 0 amide bonds. The molecule has 2 heterocycles. The molecule has 0 aliphatic rings. The monoisotopic (exact) mass is 266 g/mol. The van der Waals surface area contributed by atoms with Crippen LogP contribution in [0, 0.1) is 0 Å². The summed E-state index contributed by atoms with van der Waals surface area (Å²) >= 11 is 3.34. The van der Waals surface area contributed by atoms with Crippen molar-refractivity contribution in [2.75, 3.05) is 7.05 Å². The first-order valence-electron chi connectivity index (χ1n) is 4.60. The second-order valence-electron chi connectivity index (χ2n) is 3.13. The number of imidazole rings is 1. The molecule has 0 saturated heterocycles. The largest absolute Gasteiger partial charge is 0.335 e. The molecule has 0 atom stereocenters. The third-order valence-electron chi connectivity index (χ3n) is 2.04. The first kappa shape index (κ1) is 10.3. The van der Waals surface area contributed by atoms with Gasteiger partial charge in [-0.15, -0.1) is 0 Å². The van der Waals surface area contributed by atoms with Crippen LogP contribution in [0.3, 0.4) is 0 Å². The molecule has 15 heavy (non-hydrogen) atoms. The normalized spacial score (nSPS) is 10.5. The van der Waals surface area contributed by atoms with Crippen molar-refractivity contribution in [2.45, 2.75) is 6.54 Å². The average molecular weight is 267 g/mol. The Morgan fingerprint density at radius 1 is 1.53 bits per heavy atom. The number of nitrogens with zero attached hydrogens (tertiary/aromatic N) is 2. The Morgan fingerprint density at radius 2 is 2.40 bits per heavy atom. The van der Waals surface area contributed by atoms with Gasteiger partial charge in [-0.3, -0.25) is 4.98 Å². The van der Waals surface area contributed by atoms with Crippen molar-refractivity contribution in [3.8, 4) is 11.3 Å². The summed E-state index contributed by atoms with van der Waals surface area (Å²) in [6, 6.07) is 3.90. The Morgan fingerprint density at radius 3 is 3.07 bits per heavy atom. The zero-order chi connectivity index (χ0) is 10.7. The highest BCUT2D eigenvalue weighted by Crippen LogP contribution is 2.22. The molecule has 4 nitrogen and oxygen atoms in total. The average Bonchev–Trinajstić information content (AvgIpc) is 2.62. The quantitative estimate of drug-likeness (QED) is 0.893. The van der Waals surface area contributed by atoms with Gasteiger partial charge < -0.3 is 10.3 Å². The summed E-state index contributed by atoms with van der Waals surface area (Å²) in [5, 5.41) is 3.09. The molecule has 2 aromatic heterocycles. The van der Waals surface area contributed by atoms with E-state index in [1.807, 2.05) is 25.4 Å². The highest BCUT2D eigenvalue weighted by atomic mass is 79.9. The lowest BCUT2D eigenvalue weighted by Crippen LogP contribution is -2.06. The third-order valence-corrected chi connectivity index (χ3v) is 2.41. The van der Waals surface area contributed by atoms with E-state index in [1.54, 1.807) is 6.20 Å². The van der Waals surface area contributed by atoms with Gasteiger partial charge in [-0.25, -0.2) is 4.98 Å². The number of nitrogens with one attached hydrogen (secondary N) is 2. The molecule has 0 radical (unpaired) electrons. The fourth-order valence-corrected chi connectivity index (χ4v) is 1.84. The lowest BCUT2D eigenvalue weighted by atomic mass is 10.2. The van der Waals surface area contributed by atoms with Crippen molar-refractivity contribution < 1.29 is 0 Å². The number of pyridine rings is 1. The Labute approximate surface area is 96.3 Å². The molecule has 0 saturated carbocycles. The van der Waals surface area contributed by atoms with E-state index in [4.69, 9.17) is 0 Å². The van der Waals surface area contributed by atoms with E-state index < -0.39 is 0 Å². The van der Waals surface area contributed by atoms with Crippen LogP contribution in [-0.2, 0) is 6.54 Å². The van der Waals surface area contributed by atoms with Crippen LogP contribution in [0.15, 0.2) is 29.3 Å². The number of H-pyrrole nitrogens is 1. The summed E-state index contributed by atoms with van der Waals surface area (Å²) in [4.78, 5) is 11.6. The van der Waals surface area contributed by atoms with Crippen LogP contribution in [0.2, 0.25) is 0 Å². The van der Waals surface area contributed by atoms with Gasteiger partial charge in [0.2, 0.25) is 0 Å². The van der Waals surface area contributed by atoms with Crippen molar-refractivity contribution in [1.82, 2.24) is 20.3 Å². The predicted octanol–water partition coefficient (Wildman–Crippen LogP) is 1.95. The molecule has 0 aliphatic carbocycles. The Bertz CT molecular complexity index is 438. The van der Waals surface area contributed by atoms with Gasteiger partial charge in [0.1, 0.15) is 0 Å². The van der Waals surface area contributed by atoms with Gasteiger partial charge in [0, 0.05) is 24.5 Å². The number of rotatable bonds is 3. The molecule has 0 unspecified atom stereocenters. The first-order valence-corrected chi connectivity index (χ1v) is 5.40. The van der Waals surface area contributed by atoms with Crippen molar-refractivity contribution in [2.24, 2.45) is 0 Å². The van der Waals surface area contributed by atoms with Gasteiger partial charge in [-0.05, 0) is 35.1 Å². The molecule has 0 aliphatic heterocycles. The highest BCUT2D eigenvalue weighted by Gasteiger charge is 2.09. The molecule has 0 aromatic carbocycles. The smallest absolute Gasteiger partial charge is 0.175 e. The van der Waals surface area contributed by atoms with E-state index in [-0.39, 0.29) is 0 Å². The minimum atomic E-state index is 0.742. The van der Waals surface area contributed by atoms with E-state index >= 15 is 0 Å². The lowest BCUT2D eigenvalue weighted by molar-refractivity contribution is 0.797. The molecule has 2 rings (SSSR count). The summed E-state index contributed by atoms with van der Waals surface area (Å²) in [6.07, 6.45) is 3.56. The van der Waals surface area contributed by atoms with Crippen molar-refractivity contribution >= 4 is 15.9 Å². The van der Waals surface area contributed by atoms with E-state index in [2.05, 4.69) is 36.2 Å². The maximum absolute atomic E-state index is 4.38. The van der Waals surface area contributed by atoms with Crippen molar-refractivity contribution in [3.63, 3.8) is 0 Å². The van der Waals surface area contributed by atoms with E-state index in [0.717, 1.165) is 28.2 Å². The molecular formula is C10H11BrN4. The molecule has 5 heteroatoms. The maximum atomic E-state index is 4.38. The second kappa shape index (κ2) is 4.55.